The average Bonchev–Trinajstić information content (AvgIpc) is 2.39. The number of carboxylic acids is 1. The second-order valence-corrected chi connectivity index (χ2v) is 5.00. The van der Waals surface area contributed by atoms with Crippen LogP contribution < -0.4 is 4.74 Å². The number of carboxylic acid groups (broad SMARTS) is 1. The van der Waals surface area contributed by atoms with E-state index in [4.69, 9.17) is 9.84 Å². The Labute approximate surface area is 113 Å². The van der Waals surface area contributed by atoms with Gasteiger partial charge in [0.1, 0.15) is 5.75 Å². The Hall–Kier alpha value is -1.55. The normalized spacial score (nSPS) is 19.6. The van der Waals surface area contributed by atoms with Gasteiger partial charge in [-0.15, -0.1) is 0 Å². The molecule has 0 fully saturated rings. The number of aliphatic carboxylic acids is 1. The van der Waals surface area contributed by atoms with E-state index in [2.05, 4.69) is 0 Å². The Morgan fingerprint density at radius 1 is 1.53 bits per heavy atom. The van der Waals surface area contributed by atoms with Gasteiger partial charge in [-0.2, -0.15) is 0 Å². The monoisotopic (exact) mass is 264 g/mol. The molecule has 2 N–H and O–H groups in total. The van der Waals surface area contributed by atoms with Crippen molar-refractivity contribution in [2.24, 2.45) is 0 Å². The van der Waals surface area contributed by atoms with Crippen molar-refractivity contribution in [3.63, 3.8) is 0 Å². The number of aliphatic hydroxyl groups excluding tert-OH is 1. The number of aryl methyl sites for hydroxylation is 1. The molecule has 0 aromatic heterocycles. The molecule has 4 nitrogen and oxygen atoms in total. The molecule has 1 aliphatic carbocycles. The standard InChI is InChI=1S/C15H20O4/c1-2-4-14(15(17)18)19-11-8-7-10-5-3-6-13(16)12(10)9-11/h7-9,13-14,16H,2-6H2,1H3,(H,17,18). The second kappa shape index (κ2) is 6.06. The summed E-state index contributed by atoms with van der Waals surface area (Å²) < 4.78 is 5.52. The first-order chi connectivity index (χ1) is 9.11. The van der Waals surface area contributed by atoms with Crippen molar-refractivity contribution in [1.82, 2.24) is 0 Å². The molecule has 0 saturated carbocycles. The fraction of sp³-hybridized carbons (Fsp3) is 0.533. The first kappa shape index (κ1) is 13.9. The summed E-state index contributed by atoms with van der Waals surface area (Å²) in [5.74, 6) is -0.416. The summed E-state index contributed by atoms with van der Waals surface area (Å²) >= 11 is 0. The molecule has 4 heteroatoms. The summed E-state index contributed by atoms with van der Waals surface area (Å²) in [5.41, 5.74) is 2.01. The molecule has 0 spiro atoms. The van der Waals surface area contributed by atoms with Crippen LogP contribution in [0.5, 0.6) is 5.75 Å². The lowest BCUT2D eigenvalue weighted by Crippen LogP contribution is -2.26. The molecule has 0 saturated heterocycles. The highest BCUT2D eigenvalue weighted by Gasteiger charge is 2.21. The SMILES string of the molecule is CCCC(Oc1ccc2c(c1)C(O)CCC2)C(=O)O. The van der Waals surface area contributed by atoms with E-state index >= 15 is 0 Å². The van der Waals surface area contributed by atoms with Gasteiger partial charge in [-0.25, -0.2) is 4.79 Å². The van der Waals surface area contributed by atoms with Crippen LogP contribution in [0.3, 0.4) is 0 Å². The molecule has 2 rings (SSSR count). The fourth-order valence-corrected chi connectivity index (χ4v) is 2.48. The van der Waals surface area contributed by atoms with Crippen LogP contribution in [0.25, 0.3) is 0 Å². The van der Waals surface area contributed by atoms with E-state index in [0.717, 1.165) is 36.8 Å². The smallest absolute Gasteiger partial charge is 0.344 e. The largest absolute Gasteiger partial charge is 0.479 e. The first-order valence-corrected chi connectivity index (χ1v) is 6.82. The molecule has 1 aromatic rings. The van der Waals surface area contributed by atoms with Crippen molar-refractivity contribution in [1.29, 1.82) is 0 Å². The van der Waals surface area contributed by atoms with Gasteiger partial charge in [-0.3, -0.25) is 0 Å². The summed E-state index contributed by atoms with van der Waals surface area (Å²) in [4.78, 5) is 11.1. The minimum atomic E-state index is -0.944. The van der Waals surface area contributed by atoms with Crippen LogP contribution in [0.4, 0.5) is 0 Å². The Kier molecular flexibility index (Phi) is 4.43. The number of fused-ring (bicyclic) bond motifs is 1. The van der Waals surface area contributed by atoms with Gasteiger partial charge in [0.15, 0.2) is 6.10 Å². The van der Waals surface area contributed by atoms with Crippen molar-refractivity contribution in [3.8, 4) is 5.75 Å². The lowest BCUT2D eigenvalue weighted by atomic mass is 9.89. The van der Waals surface area contributed by atoms with Crippen molar-refractivity contribution in [2.45, 2.75) is 51.2 Å². The average molecular weight is 264 g/mol. The molecule has 0 bridgehead atoms. The molecular weight excluding hydrogens is 244 g/mol. The number of hydrogen-bond donors (Lipinski definition) is 2. The van der Waals surface area contributed by atoms with E-state index in [9.17, 15) is 9.90 Å². The van der Waals surface area contributed by atoms with E-state index < -0.39 is 18.2 Å². The maximum Gasteiger partial charge on any atom is 0.344 e. The number of benzene rings is 1. The van der Waals surface area contributed by atoms with E-state index in [-0.39, 0.29) is 0 Å². The molecule has 0 radical (unpaired) electrons. The van der Waals surface area contributed by atoms with Crippen molar-refractivity contribution in [2.75, 3.05) is 0 Å². The predicted molar refractivity (Wildman–Crippen MR) is 71.3 cm³/mol. The molecule has 0 heterocycles. The topological polar surface area (TPSA) is 66.8 Å². The van der Waals surface area contributed by atoms with E-state index in [1.165, 1.54) is 0 Å². The predicted octanol–water partition coefficient (Wildman–Crippen LogP) is 2.69. The van der Waals surface area contributed by atoms with Gasteiger partial charge in [0.05, 0.1) is 6.10 Å². The van der Waals surface area contributed by atoms with Crippen molar-refractivity contribution in [3.05, 3.63) is 29.3 Å². The van der Waals surface area contributed by atoms with Crippen LogP contribution >= 0.6 is 0 Å². The van der Waals surface area contributed by atoms with Crippen LogP contribution in [0, 0.1) is 0 Å². The minimum Gasteiger partial charge on any atom is -0.479 e. The maximum absolute atomic E-state index is 11.1. The maximum atomic E-state index is 11.1. The summed E-state index contributed by atoms with van der Waals surface area (Å²) in [6.07, 6.45) is 2.67. The van der Waals surface area contributed by atoms with Gasteiger partial charge in [-0.1, -0.05) is 19.4 Å². The third-order valence-electron chi connectivity index (χ3n) is 3.50. The number of aliphatic hydroxyl groups is 1. The highest BCUT2D eigenvalue weighted by Crippen LogP contribution is 2.32. The van der Waals surface area contributed by atoms with Crippen molar-refractivity contribution >= 4 is 5.97 Å². The Morgan fingerprint density at radius 2 is 2.32 bits per heavy atom. The van der Waals surface area contributed by atoms with Gasteiger partial charge in [0.25, 0.3) is 0 Å². The zero-order chi connectivity index (χ0) is 13.8. The van der Waals surface area contributed by atoms with Crippen LogP contribution in [-0.2, 0) is 11.2 Å². The summed E-state index contributed by atoms with van der Waals surface area (Å²) in [7, 11) is 0. The molecule has 0 aliphatic heterocycles. The van der Waals surface area contributed by atoms with Gasteiger partial charge in [0, 0.05) is 0 Å². The van der Waals surface area contributed by atoms with E-state index in [0.29, 0.717) is 12.2 Å². The lowest BCUT2D eigenvalue weighted by molar-refractivity contribution is -0.145. The third-order valence-corrected chi connectivity index (χ3v) is 3.50. The molecule has 104 valence electrons. The molecule has 1 aromatic carbocycles. The highest BCUT2D eigenvalue weighted by molar-refractivity contribution is 5.72. The first-order valence-electron chi connectivity index (χ1n) is 6.82. The number of hydrogen-bond acceptors (Lipinski definition) is 3. The summed E-state index contributed by atoms with van der Waals surface area (Å²) in [5, 5.41) is 19.0. The van der Waals surface area contributed by atoms with Gasteiger partial charge >= 0.3 is 5.97 Å². The molecule has 2 unspecified atom stereocenters. The van der Waals surface area contributed by atoms with Gasteiger partial charge in [-0.05, 0) is 48.9 Å². The van der Waals surface area contributed by atoms with E-state index in [1.54, 1.807) is 12.1 Å². The molecule has 2 atom stereocenters. The van der Waals surface area contributed by atoms with Gasteiger partial charge in [0.2, 0.25) is 0 Å². The molecule has 19 heavy (non-hydrogen) atoms. The second-order valence-electron chi connectivity index (χ2n) is 5.00. The Morgan fingerprint density at radius 3 is 3.00 bits per heavy atom. The zero-order valence-corrected chi connectivity index (χ0v) is 11.1. The van der Waals surface area contributed by atoms with Gasteiger partial charge < -0.3 is 14.9 Å². The quantitative estimate of drug-likeness (QED) is 0.858. The Balaban J connectivity index is 2.17. The van der Waals surface area contributed by atoms with Crippen LogP contribution in [0.1, 0.15) is 49.8 Å². The number of rotatable bonds is 5. The molecule has 1 aliphatic rings. The highest BCUT2D eigenvalue weighted by atomic mass is 16.5. The Bertz CT molecular complexity index is 455. The zero-order valence-electron chi connectivity index (χ0n) is 11.1. The van der Waals surface area contributed by atoms with Crippen LogP contribution in [0.2, 0.25) is 0 Å². The summed E-state index contributed by atoms with van der Waals surface area (Å²) in [6.45, 7) is 1.93. The minimum absolute atomic E-state index is 0.457. The third kappa shape index (κ3) is 3.26. The molecular formula is C15H20O4. The van der Waals surface area contributed by atoms with Crippen LogP contribution in [-0.4, -0.2) is 22.3 Å². The van der Waals surface area contributed by atoms with E-state index in [1.807, 2.05) is 13.0 Å². The lowest BCUT2D eigenvalue weighted by Gasteiger charge is -2.23. The van der Waals surface area contributed by atoms with Crippen LogP contribution in [0.15, 0.2) is 18.2 Å². The summed E-state index contributed by atoms with van der Waals surface area (Å²) in [6, 6.07) is 5.51. The molecule has 0 amide bonds. The number of carbonyl (C=O) groups is 1. The number of ether oxygens (including phenoxy) is 1. The van der Waals surface area contributed by atoms with Crippen molar-refractivity contribution < 1.29 is 19.7 Å². The fourth-order valence-electron chi connectivity index (χ4n) is 2.48.